The number of anilines is 1. The fourth-order valence-electron chi connectivity index (χ4n) is 4.04. The van der Waals surface area contributed by atoms with Crippen molar-refractivity contribution in [1.29, 1.82) is 0 Å². The normalized spacial score (nSPS) is 29.1. The van der Waals surface area contributed by atoms with Crippen molar-refractivity contribution in [2.75, 3.05) is 32.1 Å². The van der Waals surface area contributed by atoms with Crippen LogP contribution in [-0.2, 0) is 4.74 Å². The van der Waals surface area contributed by atoms with Crippen LogP contribution >= 0.6 is 0 Å². The van der Waals surface area contributed by atoms with Crippen molar-refractivity contribution >= 4 is 11.6 Å². The number of carbonyl (C=O) groups excluding carboxylic acids is 1. The highest BCUT2D eigenvalue weighted by atomic mass is 16.5. The van der Waals surface area contributed by atoms with Crippen LogP contribution in [0.1, 0.15) is 36.0 Å². The largest absolute Gasteiger partial charge is 0.378 e. The first-order valence-electron chi connectivity index (χ1n) is 8.83. The minimum Gasteiger partial charge on any atom is -0.378 e. The Morgan fingerprint density at radius 3 is 2.83 bits per heavy atom. The van der Waals surface area contributed by atoms with Gasteiger partial charge >= 0.3 is 0 Å². The van der Waals surface area contributed by atoms with E-state index in [-0.39, 0.29) is 18.1 Å². The summed E-state index contributed by atoms with van der Waals surface area (Å²) in [6, 6.07) is 8.22. The Morgan fingerprint density at radius 2 is 2.09 bits per heavy atom. The zero-order valence-corrected chi connectivity index (χ0v) is 14.1. The number of fused-ring (bicyclic) bond motifs is 2. The first-order valence-corrected chi connectivity index (χ1v) is 8.83. The molecule has 3 atom stereocenters. The van der Waals surface area contributed by atoms with E-state index in [9.17, 15) is 4.79 Å². The molecule has 1 saturated heterocycles. The molecule has 3 fully saturated rings. The van der Waals surface area contributed by atoms with Crippen molar-refractivity contribution in [3.8, 4) is 0 Å². The maximum atomic E-state index is 13.0. The number of piperidine rings is 1. The molecule has 2 aliphatic carbocycles. The van der Waals surface area contributed by atoms with E-state index >= 15 is 0 Å². The van der Waals surface area contributed by atoms with Crippen LogP contribution in [0.5, 0.6) is 0 Å². The number of ether oxygens (including phenoxy) is 1. The van der Waals surface area contributed by atoms with Crippen molar-refractivity contribution in [2.45, 2.75) is 37.8 Å². The lowest BCUT2D eigenvalue weighted by Gasteiger charge is -2.28. The van der Waals surface area contributed by atoms with E-state index in [1.165, 1.54) is 19.3 Å². The van der Waals surface area contributed by atoms with E-state index < -0.39 is 0 Å². The summed E-state index contributed by atoms with van der Waals surface area (Å²) in [4.78, 5) is 17.1. The molecule has 1 heterocycles. The lowest BCUT2D eigenvalue weighted by molar-refractivity contribution is 0.0208. The van der Waals surface area contributed by atoms with Crippen LogP contribution in [0, 0.1) is 11.8 Å². The fourth-order valence-corrected chi connectivity index (χ4v) is 4.04. The number of rotatable bonds is 5. The summed E-state index contributed by atoms with van der Waals surface area (Å²) in [7, 11) is 4.01. The summed E-state index contributed by atoms with van der Waals surface area (Å²) in [5.41, 5.74) is 1.87. The second-order valence-electron chi connectivity index (χ2n) is 7.55. The Hall–Kier alpha value is -1.55. The third kappa shape index (κ3) is 2.85. The van der Waals surface area contributed by atoms with E-state index in [4.69, 9.17) is 4.74 Å². The van der Waals surface area contributed by atoms with Crippen molar-refractivity contribution in [3.63, 3.8) is 0 Å². The van der Waals surface area contributed by atoms with Gasteiger partial charge in [-0.3, -0.25) is 4.79 Å². The van der Waals surface area contributed by atoms with Crippen LogP contribution in [0.15, 0.2) is 24.3 Å². The van der Waals surface area contributed by atoms with Gasteiger partial charge in [0.1, 0.15) is 0 Å². The molecule has 0 N–H and O–H groups in total. The van der Waals surface area contributed by atoms with E-state index in [1.807, 2.05) is 43.3 Å². The molecular weight excluding hydrogens is 288 g/mol. The zero-order chi connectivity index (χ0) is 16.0. The maximum absolute atomic E-state index is 13.0. The quantitative estimate of drug-likeness (QED) is 0.838. The minimum absolute atomic E-state index is 0.168. The zero-order valence-electron chi connectivity index (χ0n) is 14.1. The molecule has 1 aromatic carbocycles. The van der Waals surface area contributed by atoms with Gasteiger partial charge in [-0.1, -0.05) is 6.07 Å². The van der Waals surface area contributed by atoms with Crippen LogP contribution in [0.2, 0.25) is 0 Å². The van der Waals surface area contributed by atoms with Gasteiger partial charge in [-0.15, -0.1) is 0 Å². The SMILES string of the molecule is CN(C)c1cccc(C(=O)N2C[C@@H]3CC[C@H]2[C@H]3OCC2CC2)c1. The summed E-state index contributed by atoms with van der Waals surface area (Å²) in [5.74, 6) is 1.50. The molecule has 4 heteroatoms. The average molecular weight is 314 g/mol. The minimum atomic E-state index is 0.168. The summed E-state index contributed by atoms with van der Waals surface area (Å²) in [5, 5.41) is 0. The maximum Gasteiger partial charge on any atom is 0.254 e. The smallest absolute Gasteiger partial charge is 0.254 e. The van der Waals surface area contributed by atoms with Gasteiger partial charge in [0.05, 0.1) is 12.1 Å². The molecule has 0 aromatic heterocycles. The standard InChI is InChI=1S/C19H26N2O2/c1-20(2)16-5-3-4-14(10-16)19(22)21-11-15-8-9-17(21)18(15)23-12-13-6-7-13/h3-5,10,13,15,17-18H,6-9,11-12H2,1-2H3/t15-,17-,18-/m0/s1. The molecular formula is C19H26N2O2. The molecule has 0 unspecified atom stereocenters. The molecule has 1 aliphatic heterocycles. The summed E-state index contributed by atoms with van der Waals surface area (Å²) in [6.07, 6.45) is 5.22. The van der Waals surface area contributed by atoms with Gasteiger partial charge in [0.2, 0.25) is 0 Å². The van der Waals surface area contributed by atoms with Crippen LogP contribution in [0.3, 0.4) is 0 Å². The monoisotopic (exact) mass is 314 g/mol. The second-order valence-corrected chi connectivity index (χ2v) is 7.55. The number of hydrogen-bond acceptors (Lipinski definition) is 3. The van der Waals surface area contributed by atoms with E-state index in [1.54, 1.807) is 0 Å². The Bertz CT molecular complexity index is 597. The molecule has 3 aliphatic rings. The number of benzene rings is 1. The predicted molar refractivity (Wildman–Crippen MR) is 90.8 cm³/mol. The number of hydrogen-bond donors (Lipinski definition) is 0. The van der Waals surface area contributed by atoms with Crippen LogP contribution < -0.4 is 4.90 Å². The second kappa shape index (κ2) is 5.82. The van der Waals surface area contributed by atoms with Crippen molar-refractivity contribution < 1.29 is 9.53 Å². The molecule has 0 radical (unpaired) electrons. The number of carbonyl (C=O) groups is 1. The van der Waals surface area contributed by atoms with E-state index in [0.29, 0.717) is 5.92 Å². The van der Waals surface area contributed by atoms with Gasteiger partial charge in [-0.2, -0.15) is 0 Å². The summed E-state index contributed by atoms with van der Waals surface area (Å²) < 4.78 is 6.19. The molecule has 1 aromatic rings. The summed E-state index contributed by atoms with van der Waals surface area (Å²) in [6.45, 7) is 1.76. The van der Waals surface area contributed by atoms with Crippen LogP contribution in [0.25, 0.3) is 0 Å². The highest BCUT2D eigenvalue weighted by molar-refractivity contribution is 5.95. The number of amides is 1. The third-order valence-corrected chi connectivity index (χ3v) is 5.60. The third-order valence-electron chi connectivity index (χ3n) is 5.60. The molecule has 23 heavy (non-hydrogen) atoms. The van der Waals surface area contributed by atoms with Crippen LogP contribution in [-0.4, -0.2) is 50.2 Å². The molecule has 124 valence electrons. The van der Waals surface area contributed by atoms with Gasteiger partial charge in [-0.25, -0.2) is 0 Å². The molecule has 2 saturated carbocycles. The molecule has 1 amide bonds. The first kappa shape index (κ1) is 15.0. The van der Waals surface area contributed by atoms with Gasteiger partial charge in [0, 0.05) is 44.4 Å². The van der Waals surface area contributed by atoms with Gasteiger partial charge in [-0.05, 0) is 49.8 Å². The van der Waals surface area contributed by atoms with Gasteiger partial charge < -0.3 is 14.5 Å². The van der Waals surface area contributed by atoms with Crippen molar-refractivity contribution in [1.82, 2.24) is 4.90 Å². The van der Waals surface area contributed by atoms with Gasteiger partial charge in [0.15, 0.2) is 0 Å². The highest BCUT2D eigenvalue weighted by Gasteiger charge is 2.49. The van der Waals surface area contributed by atoms with Gasteiger partial charge in [0.25, 0.3) is 5.91 Å². The van der Waals surface area contributed by atoms with E-state index in [0.717, 1.165) is 36.7 Å². The van der Waals surface area contributed by atoms with Crippen molar-refractivity contribution in [3.05, 3.63) is 29.8 Å². The van der Waals surface area contributed by atoms with Crippen LogP contribution in [0.4, 0.5) is 5.69 Å². The Labute approximate surface area is 138 Å². The first-order chi connectivity index (χ1) is 11.1. The number of likely N-dealkylation sites (tertiary alicyclic amines) is 1. The van der Waals surface area contributed by atoms with E-state index in [2.05, 4.69) is 4.90 Å². The highest BCUT2D eigenvalue weighted by Crippen LogP contribution is 2.42. The molecule has 2 bridgehead atoms. The molecule has 4 nitrogen and oxygen atoms in total. The Balaban J connectivity index is 1.47. The van der Waals surface area contributed by atoms with Crippen molar-refractivity contribution in [2.24, 2.45) is 11.8 Å². The summed E-state index contributed by atoms with van der Waals surface area (Å²) >= 11 is 0. The molecule has 0 spiro atoms. The number of nitrogens with zero attached hydrogens (tertiary/aromatic N) is 2. The lowest BCUT2D eigenvalue weighted by Crippen LogP contribution is -2.40. The average Bonchev–Trinajstić information content (AvgIpc) is 3.24. The fraction of sp³-hybridized carbons (Fsp3) is 0.632. The molecule has 4 rings (SSSR count). The lowest BCUT2D eigenvalue weighted by atomic mass is 10.1. The predicted octanol–water partition coefficient (Wildman–Crippen LogP) is 2.78. The topological polar surface area (TPSA) is 32.8 Å². The Morgan fingerprint density at radius 1 is 1.26 bits per heavy atom. The Kier molecular flexibility index (Phi) is 3.80.